The van der Waals surface area contributed by atoms with E-state index in [1.54, 1.807) is 36.1 Å². The van der Waals surface area contributed by atoms with Gasteiger partial charge in [0.05, 0.1) is 30.5 Å². The van der Waals surface area contributed by atoms with Gasteiger partial charge in [0.1, 0.15) is 11.4 Å². The van der Waals surface area contributed by atoms with Crippen LogP contribution in [0.4, 0.5) is 5.69 Å². The highest BCUT2D eigenvalue weighted by Crippen LogP contribution is 2.45. The molecule has 176 valence electrons. The van der Waals surface area contributed by atoms with E-state index in [9.17, 15) is 9.59 Å². The monoisotopic (exact) mass is 467 g/mol. The molecule has 0 spiro atoms. The number of aromatic nitrogens is 2. The van der Waals surface area contributed by atoms with Crippen LogP contribution in [0.15, 0.2) is 78.9 Å². The van der Waals surface area contributed by atoms with Gasteiger partial charge in [-0.3, -0.25) is 14.8 Å². The molecule has 2 heterocycles. The molecule has 0 saturated heterocycles. The van der Waals surface area contributed by atoms with E-state index in [2.05, 4.69) is 10.2 Å². The van der Waals surface area contributed by atoms with Gasteiger partial charge in [-0.2, -0.15) is 5.10 Å². The first-order valence-electron chi connectivity index (χ1n) is 11.6. The Morgan fingerprint density at radius 3 is 2.31 bits per heavy atom. The van der Waals surface area contributed by atoms with Gasteiger partial charge in [0.15, 0.2) is 0 Å². The van der Waals surface area contributed by atoms with Crippen LogP contribution in [0.25, 0.3) is 11.3 Å². The Balaban J connectivity index is 1.58. The van der Waals surface area contributed by atoms with Crippen molar-refractivity contribution in [1.82, 2.24) is 10.2 Å². The minimum absolute atomic E-state index is 0.178. The van der Waals surface area contributed by atoms with E-state index in [1.165, 1.54) is 0 Å². The summed E-state index contributed by atoms with van der Waals surface area (Å²) in [6.07, 6.45) is 0. The van der Waals surface area contributed by atoms with E-state index < -0.39 is 5.97 Å². The molecule has 1 aromatic heterocycles. The van der Waals surface area contributed by atoms with E-state index >= 15 is 0 Å². The smallest absolute Gasteiger partial charge is 0.338 e. The molecule has 1 aliphatic rings. The zero-order valence-corrected chi connectivity index (χ0v) is 19.5. The third-order valence-corrected chi connectivity index (χ3v) is 5.98. The van der Waals surface area contributed by atoms with Crippen LogP contribution in [-0.2, 0) is 4.74 Å². The molecule has 0 radical (unpaired) electrons. The highest BCUT2D eigenvalue weighted by Gasteiger charge is 2.43. The molecule has 0 unspecified atom stereocenters. The number of carbonyl (C=O) groups is 2. The predicted molar refractivity (Wildman–Crippen MR) is 133 cm³/mol. The normalized spacial score (nSPS) is 14.6. The number of hydrogen-bond donors (Lipinski definition) is 1. The van der Waals surface area contributed by atoms with Gasteiger partial charge in [-0.1, -0.05) is 30.3 Å². The van der Waals surface area contributed by atoms with Crippen LogP contribution in [0, 0.1) is 0 Å². The lowest BCUT2D eigenvalue weighted by molar-refractivity contribution is 0.0526. The molecule has 1 N–H and O–H groups in total. The number of amides is 1. The lowest BCUT2D eigenvalue weighted by Gasteiger charge is -2.26. The topological polar surface area (TPSA) is 84.5 Å². The summed E-state index contributed by atoms with van der Waals surface area (Å²) >= 11 is 0. The first-order valence-corrected chi connectivity index (χ1v) is 11.6. The van der Waals surface area contributed by atoms with Crippen molar-refractivity contribution in [3.8, 4) is 17.0 Å². The Morgan fingerprint density at radius 2 is 1.66 bits per heavy atom. The summed E-state index contributed by atoms with van der Waals surface area (Å²) in [5.74, 6) is 0.212. The lowest BCUT2D eigenvalue weighted by atomic mass is 9.96. The molecule has 1 atom stereocenters. The van der Waals surface area contributed by atoms with E-state index in [1.807, 2.05) is 61.5 Å². The van der Waals surface area contributed by atoms with Gasteiger partial charge in [-0.15, -0.1) is 0 Å². The van der Waals surface area contributed by atoms with Crippen molar-refractivity contribution in [2.24, 2.45) is 0 Å². The van der Waals surface area contributed by atoms with Gasteiger partial charge >= 0.3 is 5.97 Å². The second kappa shape index (κ2) is 9.46. The first kappa shape index (κ1) is 22.4. The van der Waals surface area contributed by atoms with Crippen molar-refractivity contribution in [2.45, 2.75) is 19.9 Å². The maximum atomic E-state index is 13.6. The Kier molecular flexibility index (Phi) is 6.06. The zero-order chi connectivity index (χ0) is 24.4. The van der Waals surface area contributed by atoms with Crippen molar-refractivity contribution in [3.63, 3.8) is 0 Å². The number of carbonyl (C=O) groups excluding carboxylic acids is 2. The number of fused-ring (bicyclic) bond motifs is 1. The standard InChI is InChI=1S/C28H25N3O4/c1-3-34-22-16-12-18(13-17-22)24-23-25(30-29-24)27(32)31(26(23)19-8-6-5-7-9-19)21-14-10-20(11-15-21)28(33)35-4-2/h5-17,26H,3-4H2,1-2H3,(H,29,30)/t26-/m0/s1. The summed E-state index contributed by atoms with van der Waals surface area (Å²) in [5, 5.41) is 7.49. The predicted octanol–water partition coefficient (Wildman–Crippen LogP) is 5.40. The Labute approximate surface area is 203 Å². The largest absolute Gasteiger partial charge is 0.494 e. The molecule has 0 fully saturated rings. The lowest BCUT2D eigenvalue weighted by Crippen LogP contribution is -2.29. The van der Waals surface area contributed by atoms with Crippen molar-refractivity contribution < 1.29 is 19.1 Å². The molecule has 1 aliphatic heterocycles. The van der Waals surface area contributed by atoms with E-state index in [-0.39, 0.29) is 11.9 Å². The van der Waals surface area contributed by atoms with Crippen LogP contribution in [0.2, 0.25) is 0 Å². The third-order valence-electron chi connectivity index (χ3n) is 5.98. The maximum Gasteiger partial charge on any atom is 0.338 e. The van der Waals surface area contributed by atoms with E-state index in [0.29, 0.717) is 30.2 Å². The van der Waals surface area contributed by atoms with Gasteiger partial charge in [0.2, 0.25) is 0 Å². The number of nitrogens with zero attached hydrogens (tertiary/aromatic N) is 2. The van der Waals surface area contributed by atoms with Crippen molar-refractivity contribution >= 4 is 17.6 Å². The number of nitrogens with one attached hydrogen (secondary N) is 1. The average Bonchev–Trinajstić information content (AvgIpc) is 3.44. The first-order chi connectivity index (χ1) is 17.1. The minimum Gasteiger partial charge on any atom is -0.494 e. The van der Waals surface area contributed by atoms with Crippen molar-refractivity contribution in [1.29, 1.82) is 0 Å². The Bertz CT molecular complexity index is 1350. The second-order valence-corrected chi connectivity index (χ2v) is 8.07. The van der Waals surface area contributed by atoms with Crippen LogP contribution in [0.3, 0.4) is 0 Å². The number of ether oxygens (including phenoxy) is 2. The van der Waals surface area contributed by atoms with Crippen LogP contribution in [0.1, 0.15) is 51.9 Å². The quantitative estimate of drug-likeness (QED) is 0.368. The van der Waals surface area contributed by atoms with Crippen LogP contribution in [-0.4, -0.2) is 35.3 Å². The molecule has 1 amide bonds. The fourth-order valence-corrected chi connectivity index (χ4v) is 4.43. The molecule has 7 nitrogen and oxygen atoms in total. The minimum atomic E-state index is -0.390. The number of esters is 1. The van der Waals surface area contributed by atoms with Crippen molar-refractivity contribution in [3.05, 3.63) is 101 Å². The van der Waals surface area contributed by atoms with Crippen LogP contribution >= 0.6 is 0 Å². The second-order valence-electron chi connectivity index (χ2n) is 8.07. The summed E-state index contributed by atoms with van der Waals surface area (Å²) in [6.45, 7) is 4.60. The molecule has 0 saturated carbocycles. The number of benzene rings is 3. The van der Waals surface area contributed by atoms with Crippen molar-refractivity contribution in [2.75, 3.05) is 18.1 Å². The molecule has 5 rings (SSSR count). The van der Waals surface area contributed by atoms with E-state index in [4.69, 9.17) is 9.47 Å². The van der Waals surface area contributed by atoms with E-state index in [0.717, 1.165) is 28.1 Å². The zero-order valence-electron chi connectivity index (χ0n) is 19.5. The fraction of sp³-hybridized carbons (Fsp3) is 0.179. The summed E-state index contributed by atoms with van der Waals surface area (Å²) in [4.78, 5) is 27.5. The molecule has 3 aromatic carbocycles. The molecule has 0 bridgehead atoms. The highest BCUT2D eigenvalue weighted by molar-refractivity contribution is 6.12. The van der Waals surface area contributed by atoms with Gasteiger partial charge in [0.25, 0.3) is 5.91 Å². The highest BCUT2D eigenvalue weighted by atomic mass is 16.5. The molecule has 35 heavy (non-hydrogen) atoms. The summed E-state index contributed by atoms with van der Waals surface area (Å²) in [7, 11) is 0. The summed E-state index contributed by atoms with van der Waals surface area (Å²) in [5.41, 5.74) is 4.96. The number of rotatable bonds is 7. The molecule has 4 aromatic rings. The number of aromatic amines is 1. The SMILES string of the molecule is CCOC(=O)c1ccc(N2C(=O)c3[nH]nc(-c4ccc(OCC)cc4)c3[C@@H]2c2ccccc2)cc1. The number of H-pyrrole nitrogens is 1. The maximum absolute atomic E-state index is 13.6. The third kappa shape index (κ3) is 4.05. The Hall–Kier alpha value is -4.39. The summed E-state index contributed by atoms with van der Waals surface area (Å²) in [6, 6.07) is 24.1. The Morgan fingerprint density at radius 1 is 0.943 bits per heavy atom. The van der Waals surface area contributed by atoms with Crippen LogP contribution in [0.5, 0.6) is 5.75 Å². The number of anilines is 1. The number of hydrogen-bond acceptors (Lipinski definition) is 5. The molecular weight excluding hydrogens is 442 g/mol. The molecular formula is C28H25N3O4. The van der Waals surface area contributed by atoms with Crippen LogP contribution < -0.4 is 9.64 Å². The van der Waals surface area contributed by atoms with Gasteiger partial charge in [-0.05, 0) is 67.9 Å². The van der Waals surface area contributed by atoms with Gasteiger partial charge in [0, 0.05) is 16.8 Å². The molecule has 0 aliphatic carbocycles. The van der Waals surface area contributed by atoms with Gasteiger partial charge in [-0.25, -0.2) is 4.79 Å². The molecule has 7 heteroatoms. The summed E-state index contributed by atoms with van der Waals surface area (Å²) < 4.78 is 10.7. The average molecular weight is 468 g/mol. The van der Waals surface area contributed by atoms with Gasteiger partial charge < -0.3 is 9.47 Å². The fourth-order valence-electron chi connectivity index (χ4n) is 4.43.